The third-order valence-corrected chi connectivity index (χ3v) is 1.83. The molecule has 0 radical (unpaired) electrons. The molecule has 82 valence electrons. The van der Waals surface area contributed by atoms with Gasteiger partial charge < -0.3 is 21.3 Å². The normalized spacial score (nSPS) is 9.87. The highest BCUT2D eigenvalue weighted by Crippen LogP contribution is 2.23. The third kappa shape index (κ3) is 3.76. The summed E-state index contributed by atoms with van der Waals surface area (Å²) in [5.74, 6) is -0.293. The summed E-state index contributed by atoms with van der Waals surface area (Å²) in [4.78, 5) is 10.2. The van der Waals surface area contributed by atoms with Crippen LogP contribution in [0.1, 0.15) is 12.8 Å². The summed E-state index contributed by atoms with van der Waals surface area (Å²) in [6, 6.07) is 4.96. The molecule has 0 fully saturated rings. The molecule has 0 aliphatic carbocycles. The Morgan fingerprint density at radius 3 is 2.73 bits per heavy atom. The van der Waals surface area contributed by atoms with Crippen LogP contribution in [-0.4, -0.2) is 17.7 Å². The number of ether oxygens (including phenoxy) is 1. The number of rotatable bonds is 5. The Morgan fingerprint density at radius 2 is 2.13 bits per heavy atom. The van der Waals surface area contributed by atoms with Gasteiger partial charge in [-0.15, -0.1) is 0 Å². The molecule has 5 N–H and O–H groups in total. The van der Waals surface area contributed by atoms with Gasteiger partial charge in [-0.25, -0.2) is 0 Å². The first-order chi connectivity index (χ1) is 7.09. The summed E-state index contributed by atoms with van der Waals surface area (Å²) >= 11 is 0. The van der Waals surface area contributed by atoms with E-state index in [1.165, 1.54) is 0 Å². The largest absolute Gasteiger partial charge is 0.491 e. The van der Waals surface area contributed by atoms with Crippen LogP contribution in [-0.2, 0) is 4.79 Å². The van der Waals surface area contributed by atoms with Gasteiger partial charge in [0.15, 0.2) is 0 Å². The van der Waals surface area contributed by atoms with Gasteiger partial charge in [0.25, 0.3) is 0 Å². The van der Waals surface area contributed by atoms with Gasteiger partial charge in [0, 0.05) is 12.1 Å². The second-order valence-electron chi connectivity index (χ2n) is 3.14. The predicted octanol–water partition coefficient (Wildman–Crippen LogP) is 1.09. The fourth-order valence-electron chi connectivity index (χ4n) is 1.10. The van der Waals surface area contributed by atoms with Crippen molar-refractivity contribution >= 4 is 17.3 Å². The first kappa shape index (κ1) is 11.2. The molecule has 0 atom stereocenters. The second-order valence-corrected chi connectivity index (χ2v) is 3.14. The molecule has 1 aromatic rings. The van der Waals surface area contributed by atoms with Crippen molar-refractivity contribution in [2.45, 2.75) is 12.8 Å². The molecule has 0 spiro atoms. The van der Waals surface area contributed by atoms with Crippen LogP contribution < -0.4 is 16.2 Å². The molecule has 0 aliphatic heterocycles. The Balaban J connectivity index is 2.40. The van der Waals surface area contributed by atoms with Crippen LogP contribution in [0.4, 0.5) is 11.4 Å². The van der Waals surface area contributed by atoms with Crippen LogP contribution in [0, 0.1) is 0 Å². The van der Waals surface area contributed by atoms with E-state index in [0.717, 1.165) is 0 Å². The minimum atomic E-state index is -0.830. The molecule has 0 bridgehead atoms. The lowest BCUT2D eigenvalue weighted by molar-refractivity contribution is -0.137. The molecule has 0 saturated carbocycles. The van der Waals surface area contributed by atoms with E-state index in [0.29, 0.717) is 30.2 Å². The average Bonchev–Trinajstić information content (AvgIpc) is 2.14. The molecule has 0 unspecified atom stereocenters. The van der Waals surface area contributed by atoms with Gasteiger partial charge in [-0.3, -0.25) is 4.79 Å². The molecule has 0 saturated heterocycles. The fraction of sp³-hybridized carbons (Fsp3) is 0.300. The van der Waals surface area contributed by atoms with Crippen LogP contribution in [0.15, 0.2) is 18.2 Å². The predicted molar refractivity (Wildman–Crippen MR) is 57.6 cm³/mol. The van der Waals surface area contributed by atoms with Gasteiger partial charge in [-0.2, -0.15) is 0 Å². The molecule has 0 aliphatic rings. The van der Waals surface area contributed by atoms with Crippen LogP contribution in [0.3, 0.4) is 0 Å². The molecule has 1 aromatic carbocycles. The van der Waals surface area contributed by atoms with Crippen molar-refractivity contribution in [1.82, 2.24) is 0 Å². The highest BCUT2D eigenvalue weighted by molar-refractivity contribution is 5.66. The van der Waals surface area contributed by atoms with E-state index in [4.69, 9.17) is 21.3 Å². The lowest BCUT2D eigenvalue weighted by Gasteiger charge is -2.08. The SMILES string of the molecule is Nc1ccc(OCCCC(=O)O)c(N)c1. The monoisotopic (exact) mass is 210 g/mol. The lowest BCUT2D eigenvalue weighted by atomic mass is 10.2. The summed E-state index contributed by atoms with van der Waals surface area (Å²) in [6.45, 7) is 0.334. The maximum Gasteiger partial charge on any atom is 0.303 e. The van der Waals surface area contributed by atoms with Crippen molar-refractivity contribution in [2.24, 2.45) is 0 Å². The van der Waals surface area contributed by atoms with Gasteiger partial charge in [-0.05, 0) is 24.6 Å². The molecule has 5 nitrogen and oxygen atoms in total. The Hall–Kier alpha value is -1.91. The van der Waals surface area contributed by atoms with E-state index in [2.05, 4.69) is 0 Å². The Bertz CT molecular complexity index is 353. The molecule has 5 heteroatoms. The maximum absolute atomic E-state index is 10.2. The number of benzene rings is 1. The van der Waals surface area contributed by atoms with Crippen LogP contribution in [0.2, 0.25) is 0 Å². The quantitative estimate of drug-likeness (QED) is 0.499. The Labute approximate surface area is 87.6 Å². The summed E-state index contributed by atoms with van der Waals surface area (Å²) in [5.41, 5.74) is 12.2. The number of carbonyl (C=O) groups is 1. The topological polar surface area (TPSA) is 98.6 Å². The number of carboxylic acid groups (broad SMARTS) is 1. The number of anilines is 2. The number of nitrogen functional groups attached to an aromatic ring is 2. The van der Waals surface area contributed by atoms with E-state index in [1.54, 1.807) is 18.2 Å². The summed E-state index contributed by atoms with van der Waals surface area (Å²) in [7, 11) is 0. The highest BCUT2D eigenvalue weighted by Gasteiger charge is 2.01. The van der Waals surface area contributed by atoms with Gasteiger partial charge in [-0.1, -0.05) is 0 Å². The van der Waals surface area contributed by atoms with Gasteiger partial charge in [0.1, 0.15) is 5.75 Å². The zero-order valence-electron chi connectivity index (χ0n) is 8.27. The summed E-state index contributed by atoms with van der Waals surface area (Å²) in [6.07, 6.45) is 0.550. The molecule has 1 rings (SSSR count). The van der Waals surface area contributed by atoms with Crippen LogP contribution >= 0.6 is 0 Å². The smallest absolute Gasteiger partial charge is 0.303 e. The van der Waals surface area contributed by atoms with Crippen molar-refractivity contribution in [3.05, 3.63) is 18.2 Å². The average molecular weight is 210 g/mol. The molecule has 0 amide bonds. The standard InChI is InChI=1S/C10H14N2O3/c11-7-3-4-9(8(12)6-7)15-5-1-2-10(13)14/h3-4,6H,1-2,5,11-12H2,(H,13,14). The van der Waals surface area contributed by atoms with Crippen molar-refractivity contribution in [3.63, 3.8) is 0 Å². The van der Waals surface area contributed by atoms with E-state index in [9.17, 15) is 4.79 Å². The van der Waals surface area contributed by atoms with Crippen LogP contribution in [0.5, 0.6) is 5.75 Å². The zero-order chi connectivity index (χ0) is 11.3. The second kappa shape index (κ2) is 5.09. The first-order valence-corrected chi connectivity index (χ1v) is 4.59. The number of carboxylic acids is 1. The first-order valence-electron chi connectivity index (χ1n) is 4.59. The fourth-order valence-corrected chi connectivity index (χ4v) is 1.10. The maximum atomic E-state index is 10.2. The van der Waals surface area contributed by atoms with E-state index in [1.807, 2.05) is 0 Å². The number of aliphatic carboxylic acids is 1. The van der Waals surface area contributed by atoms with Crippen LogP contribution in [0.25, 0.3) is 0 Å². The zero-order valence-corrected chi connectivity index (χ0v) is 8.27. The minimum Gasteiger partial charge on any atom is -0.491 e. The van der Waals surface area contributed by atoms with Gasteiger partial charge >= 0.3 is 5.97 Å². The third-order valence-electron chi connectivity index (χ3n) is 1.83. The minimum absolute atomic E-state index is 0.0921. The number of nitrogens with two attached hydrogens (primary N) is 2. The number of hydrogen-bond acceptors (Lipinski definition) is 4. The lowest BCUT2D eigenvalue weighted by Crippen LogP contribution is -2.03. The summed E-state index contributed by atoms with van der Waals surface area (Å²) < 4.78 is 5.30. The number of hydrogen-bond donors (Lipinski definition) is 3. The Morgan fingerprint density at radius 1 is 1.40 bits per heavy atom. The van der Waals surface area contributed by atoms with Gasteiger partial charge in [0.2, 0.25) is 0 Å². The van der Waals surface area contributed by atoms with E-state index in [-0.39, 0.29) is 6.42 Å². The summed E-state index contributed by atoms with van der Waals surface area (Å²) in [5, 5.41) is 8.40. The molecular formula is C10H14N2O3. The van der Waals surface area contributed by atoms with E-state index < -0.39 is 5.97 Å². The van der Waals surface area contributed by atoms with Gasteiger partial charge in [0.05, 0.1) is 12.3 Å². The van der Waals surface area contributed by atoms with Crippen molar-refractivity contribution < 1.29 is 14.6 Å². The molecule has 15 heavy (non-hydrogen) atoms. The molecular weight excluding hydrogens is 196 g/mol. The van der Waals surface area contributed by atoms with Crippen molar-refractivity contribution in [1.29, 1.82) is 0 Å². The molecule has 0 aromatic heterocycles. The van der Waals surface area contributed by atoms with Crippen molar-refractivity contribution in [2.75, 3.05) is 18.1 Å². The molecule has 0 heterocycles. The van der Waals surface area contributed by atoms with Crippen molar-refractivity contribution in [3.8, 4) is 5.75 Å². The highest BCUT2D eigenvalue weighted by atomic mass is 16.5. The Kier molecular flexibility index (Phi) is 3.79. The van der Waals surface area contributed by atoms with E-state index >= 15 is 0 Å².